The molecule has 0 aliphatic carbocycles. The summed E-state index contributed by atoms with van der Waals surface area (Å²) in [6.45, 7) is 10.9. The molecule has 1 fully saturated rings. The van der Waals surface area contributed by atoms with E-state index in [-0.39, 0.29) is 17.7 Å². The number of hydrogen-bond donors (Lipinski definition) is 2. The van der Waals surface area contributed by atoms with Crippen molar-refractivity contribution < 1.29 is 14.7 Å². The summed E-state index contributed by atoms with van der Waals surface area (Å²) in [4.78, 5) is 28.0. The van der Waals surface area contributed by atoms with E-state index < -0.39 is 17.1 Å². The van der Waals surface area contributed by atoms with Gasteiger partial charge in [0.15, 0.2) is 0 Å². The monoisotopic (exact) mass is 464 g/mol. The smallest absolute Gasteiger partial charge is 0.245 e. The third kappa shape index (κ3) is 5.87. The second-order valence-corrected chi connectivity index (χ2v) is 10.7. The summed E-state index contributed by atoms with van der Waals surface area (Å²) in [7, 11) is 0. The topological polar surface area (TPSA) is 69.6 Å². The molecule has 2 aromatic carbocycles. The highest BCUT2D eigenvalue weighted by Gasteiger charge is 2.50. The van der Waals surface area contributed by atoms with Gasteiger partial charge in [0.25, 0.3) is 0 Å². The van der Waals surface area contributed by atoms with E-state index in [4.69, 9.17) is 0 Å². The number of benzene rings is 2. The van der Waals surface area contributed by atoms with Crippen molar-refractivity contribution in [3.8, 4) is 0 Å². The zero-order chi connectivity index (χ0) is 24.9. The number of piperidine rings is 1. The van der Waals surface area contributed by atoms with Gasteiger partial charge >= 0.3 is 0 Å². The highest BCUT2D eigenvalue weighted by molar-refractivity contribution is 5.88. The molecule has 0 bridgehead atoms. The maximum atomic E-state index is 13.5. The first kappa shape index (κ1) is 26.0. The van der Waals surface area contributed by atoms with Crippen molar-refractivity contribution in [3.63, 3.8) is 0 Å². The molecular weight excluding hydrogens is 424 g/mol. The third-order valence-corrected chi connectivity index (χ3v) is 7.25. The van der Waals surface area contributed by atoms with Gasteiger partial charge in [-0.2, -0.15) is 0 Å². The molecule has 0 radical (unpaired) electrons. The molecule has 2 atom stereocenters. The Kier molecular flexibility index (Phi) is 8.19. The Labute approximate surface area is 204 Å². The Morgan fingerprint density at radius 3 is 2.29 bits per heavy atom. The second-order valence-electron chi connectivity index (χ2n) is 10.7. The first-order valence-corrected chi connectivity index (χ1v) is 12.4. The number of aryl methyl sites for hydroxylation is 2. The Morgan fingerprint density at radius 1 is 1.06 bits per heavy atom. The fourth-order valence-corrected chi connectivity index (χ4v) is 4.93. The van der Waals surface area contributed by atoms with E-state index in [1.54, 1.807) is 0 Å². The van der Waals surface area contributed by atoms with E-state index >= 15 is 0 Å². The molecule has 184 valence electrons. The van der Waals surface area contributed by atoms with Crippen molar-refractivity contribution in [1.82, 2.24) is 10.2 Å². The molecule has 0 unspecified atom stereocenters. The lowest BCUT2D eigenvalue weighted by Gasteiger charge is -2.51. The molecule has 5 heteroatoms. The quantitative estimate of drug-likeness (QED) is 0.600. The van der Waals surface area contributed by atoms with Crippen molar-refractivity contribution >= 4 is 11.8 Å². The summed E-state index contributed by atoms with van der Waals surface area (Å²) < 4.78 is 0. The maximum Gasteiger partial charge on any atom is 0.245 e. The van der Waals surface area contributed by atoms with Gasteiger partial charge in [0.2, 0.25) is 11.8 Å². The fourth-order valence-electron chi connectivity index (χ4n) is 4.93. The lowest BCUT2D eigenvalue weighted by Crippen LogP contribution is -2.60. The average Bonchev–Trinajstić information content (AvgIpc) is 2.79. The maximum absolute atomic E-state index is 13.5. The first-order chi connectivity index (χ1) is 16.0. The number of nitrogens with zero attached hydrogens (tertiary/aromatic N) is 1. The van der Waals surface area contributed by atoms with E-state index in [0.29, 0.717) is 25.9 Å². The number of aliphatic hydroxyl groups is 1. The minimum Gasteiger partial charge on any atom is -0.384 e. The Morgan fingerprint density at radius 2 is 1.71 bits per heavy atom. The van der Waals surface area contributed by atoms with Crippen LogP contribution in [0.5, 0.6) is 0 Å². The molecule has 1 saturated heterocycles. The zero-order valence-corrected chi connectivity index (χ0v) is 21.3. The molecular formula is C29H40N2O3. The molecule has 0 spiro atoms. The number of hydrogen-bond acceptors (Lipinski definition) is 3. The van der Waals surface area contributed by atoms with Crippen LogP contribution in [0.4, 0.5) is 0 Å². The van der Waals surface area contributed by atoms with Crippen LogP contribution in [0.25, 0.3) is 0 Å². The van der Waals surface area contributed by atoms with Crippen molar-refractivity contribution in [2.45, 2.75) is 71.9 Å². The lowest BCUT2D eigenvalue weighted by molar-refractivity contribution is -0.156. The van der Waals surface area contributed by atoms with E-state index in [1.165, 1.54) is 5.56 Å². The van der Waals surface area contributed by atoms with Gasteiger partial charge in [-0.25, -0.2) is 0 Å². The van der Waals surface area contributed by atoms with Gasteiger partial charge in [0.05, 0.1) is 5.60 Å². The predicted molar refractivity (Wildman–Crippen MR) is 136 cm³/mol. The van der Waals surface area contributed by atoms with Crippen LogP contribution in [-0.2, 0) is 21.6 Å². The van der Waals surface area contributed by atoms with Gasteiger partial charge in [-0.1, -0.05) is 87.9 Å². The van der Waals surface area contributed by atoms with Gasteiger partial charge in [0, 0.05) is 24.9 Å². The van der Waals surface area contributed by atoms with E-state index in [9.17, 15) is 14.7 Å². The number of rotatable bonds is 8. The number of carbonyl (C=O) groups is 2. The normalized spacial score (nSPS) is 20.7. The van der Waals surface area contributed by atoms with Crippen LogP contribution in [0.1, 0.15) is 63.6 Å². The predicted octanol–water partition coefficient (Wildman–Crippen LogP) is 4.60. The van der Waals surface area contributed by atoms with Crippen molar-refractivity contribution in [2.75, 3.05) is 13.1 Å². The fraction of sp³-hybridized carbons (Fsp3) is 0.517. The van der Waals surface area contributed by atoms with Crippen LogP contribution < -0.4 is 5.32 Å². The molecule has 5 nitrogen and oxygen atoms in total. The summed E-state index contributed by atoms with van der Waals surface area (Å²) in [6.07, 6.45) is 2.44. The lowest BCUT2D eigenvalue weighted by atomic mass is 9.66. The van der Waals surface area contributed by atoms with Crippen LogP contribution in [0, 0.1) is 18.3 Å². The van der Waals surface area contributed by atoms with Crippen LogP contribution in [-0.4, -0.2) is 41.0 Å². The molecule has 2 N–H and O–H groups in total. The average molecular weight is 465 g/mol. The highest BCUT2D eigenvalue weighted by atomic mass is 16.3. The van der Waals surface area contributed by atoms with Crippen molar-refractivity contribution in [2.24, 2.45) is 11.3 Å². The van der Waals surface area contributed by atoms with Crippen LogP contribution in [0.3, 0.4) is 0 Å². The van der Waals surface area contributed by atoms with Crippen LogP contribution >= 0.6 is 0 Å². The van der Waals surface area contributed by atoms with E-state index in [0.717, 1.165) is 24.0 Å². The zero-order valence-electron chi connectivity index (χ0n) is 21.3. The second kappa shape index (κ2) is 10.7. The van der Waals surface area contributed by atoms with Crippen molar-refractivity contribution in [1.29, 1.82) is 0 Å². The van der Waals surface area contributed by atoms with Gasteiger partial charge in [0.1, 0.15) is 6.04 Å². The minimum absolute atomic E-state index is 0.0217. The van der Waals surface area contributed by atoms with Gasteiger partial charge in [-0.15, -0.1) is 0 Å². The summed E-state index contributed by atoms with van der Waals surface area (Å²) in [6, 6.07) is 17.6. The number of carbonyl (C=O) groups excluding carboxylic acids is 2. The summed E-state index contributed by atoms with van der Waals surface area (Å²) >= 11 is 0. The van der Waals surface area contributed by atoms with Gasteiger partial charge < -0.3 is 15.3 Å². The number of nitrogens with one attached hydrogen (secondary N) is 1. The molecule has 2 aromatic rings. The van der Waals surface area contributed by atoms with Crippen molar-refractivity contribution in [3.05, 3.63) is 71.3 Å². The molecule has 1 aliphatic heterocycles. The third-order valence-electron chi connectivity index (χ3n) is 7.25. The standard InChI is InChI=1S/C29H40N2O3/c1-21(2)26(30-25(32)13-9-12-23-10-7-6-8-11-23)27(33)31-19-18-29(34,28(4,5)20-31)24-16-14-22(3)15-17-24/h6-8,10-11,14-17,21,26,34H,9,12-13,18-20H2,1-5H3,(H,30,32)/t26-,29+/m1/s1. The SMILES string of the molecule is Cc1ccc([C@@]2(O)CCN(C(=O)[C@H](NC(=O)CCCc3ccccc3)C(C)C)CC2(C)C)cc1. The van der Waals surface area contributed by atoms with E-state index in [1.807, 2.05) is 82.0 Å². The molecule has 3 rings (SSSR count). The summed E-state index contributed by atoms with van der Waals surface area (Å²) in [5, 5.41) is 14.6. The van der Waals surface area contributed by atoms with Crippen LogP contribution in [0.2, 0.25) is 0 Å². The molecule has 0 saturated carbocycles. The molecule has 34 heavy (non-hydrogen) atoms. The Hall–Kier alpha value is -2.66. The highest BCUT2D eigenvalue weighted by Crippen LogP contribution is 2.46. The molecule has 1 aliphatic rings. The number of amides is 2. The number of likely N-dealkylation sites (tertiary alicyclic amines) is 1. The first-order valence-electron chi connectivity index (χ1n) is 12.4. The van der Waals surface area contributed by atoms with Gasteiger partial charge in [-0.3, -0.25) is 9.59 Å². The van der Waals surface area contributed by atoms with Crippen LogP contribution in [0.15, 0.2) is 54.6 Å². The summed E-state index contributed by atoms with van der Waals surface area (Å²) in [5.41, 5.74) is 1.71. The van der Waals surface area contributed by atoms with E-state index in [2.05, 4.69) is 17.4 Å². The minimum atomic E-state index is -1.01. The van der Waals surface area contributed by atoms with Gasteiger partial charge in [-0.05, 0) is 43.2 Å². The summed E-state index contributed by atoms with van der Waals surface area (Å²) in [5.74, 6) is -0.174. The molecule has 2 amide bonds. The Balaban J connectivity index is 1.62. The Bertz CT molecular complexity index is 969. The molecule has 0 aromatic heterocycles. The largest absolute Gasteiger partial charge is 0.384 e. The molecule has 1 heterocycles.